The van der Waals surface area contributed by atoms with E-state index >= 15 is 0 Å². The molecule has 9 heteroatoms. The summed E-state index contributed by atoms with van der Waals surface area (Å²) in [5, 5.41) is -0.0671. The Balaban J connectivity index is 1.75. The maximum absolute atomic E-state index is 13.8. The zero-order valence-electron chi connectivity index (χ0n) is 19.7. The van der Waals surface area contributed by atoms with Gasteiger partial charge in [0.05, 0.1) is 22.6 Å². The van der Waals surface area contributed by atoms with E-state index in [-0.39, 0.29) is 22.5 Å². The fourth-order valence-corrected chi connectivity index (χ4v) is 4.24. The average Bonchev–Trinajstić information content (AvgIpc) is 3.19. The van der Waals surface area contributed by atoms with Gasteiger partial charge in [0, 0.05) is 5.56 Å². The highest BCUT2D eigenvalue weighted by Gasteiger charge is 2.43. The van der Waals surface area contributed by atoms with Crippen LogP contribution < -0.4 is 4.90 Å². The lowest BCUT2D eigenvalue weighted by molar-refractivity contribution is -0.137. The number of carbonyl (C=O) groups is 1. The molecule has 5 nitrogen and oxygen atoms in total. The minimum Gasteiger partial charge on any atom is -0.268 e. The number of alkyl halides is 3. The number of carbonyl (C=O) groups excluding carboxylic acids is 1. The number of amides is 1. The second-order valence-electron chi connectivity index (χ2n) is 8.21. The number of para-hydroxylation sites is 2. The molecule has 1 aliphatic rings. The van der Waals surface area contributed by atoms with Gasteiger partial charge in [0.1, 0.15) is 0 Å². The molecule has 1 saturated heterocycles. The van der Waals surface area contributed by atoms with Gasteiger partial charge in [-0.1, -0.05) is 60.7 Å². The summed E-state index contributed by atoms with van der Waals surface area (Å²) in [6.45, 7) is 0. The number of hydrogen-bond acceptors (Lipinski definition) is 4. The lowest BCUT2D eigenvalue weighted by Gasteiger charge is -2.20. The summed E-state index contributed by atoms with van der Waals surface area (Å²) in [5.41, 5.74) is 0.607. The Hall–Kier alpha value is -4.63. The van der Waals surface area contributed by atoms with Crippen molar-refractivity contribution in [1.82, 2.24) is 4.90 Å². The summed E-state index contributed by atoms with van der Waals surface area (Å²) in [7, 11) is 0. The minimum atomic E-state index is -4.57. The van der Waals surface area contributed by atoms with E-state index in [4.69, 9.17) is 22.2 Å². The first-order valence-electron chi connectivity index (χ1n) is 11.5. The number of amidine groups is 2. The Labute approximate surface area is 222 Å². The fraction of sp³-hybridized carbons (Fsp3) is 0.0345. The van der Waals surface area contributed by atoms with Crippen LogP contribution in [-0.4, -0.2) is 27.6 Å². The predicted molar refractivity (Wildman–Crippen MR) is 146 cm³/mol. The van der Waals surface area contributed by atoms with E-state index in [2.05, 4.69) is 0 Å². The third-order valence-corrected chi connectivity index (χ3v) is 6.01. The van der Waals surface area contributed by atoms with Crippen LogP contribution in [0.1, 0.15) is 15.9 Å². The highest BCUT2D eigenvalue weighted by Crippen LogP contribution is 2.34. The minimum absolute atomic E-state index is 0.0671. The maximum Gasteiger partial charge on any atom is 0.416 e. The molecule has 1 heterocycles. The van der Waals surface area contributed by atoms with Crippen molar-refractivity contribution in [1.29, 1.82) is 0 Å². The Kier molecular flexibility index (Phi) is 6.85. The third-order valence-electron chi connectivity index (χ3n) is 5.64. The Morgan fingerprint density at radius 3 is 1.76 bits per heavy atom. The Bertz CT molecular complexity index is 1540. The van der Waals surface area contributed by atoms with Crippen LogP contribution in [0.25, 0.3) is 0 Å². The summed E-state index contributed by atoms with van der Waals surface area (Å²) in [4.78, 5) is 25.7. The van der Waals surface area contributed by atoms with Crippen LogP contribution in [-0.2, 0) is 6.18 Å². The highest BCUT2D eigenvalue weighted by molar-refractivity contribution is 7.80. The second kappa shape index (κ2) is 10.4. The van der Waals surface area contributed by atoms with E-state index in [9.17, 15) is 18.0 Å². The molecule has 1 fully saturated rings. The van der Waals surface area contributed by atoms with E-state index < -0.39 is 17.6 Å². The molecule has 0 atom stereocenters. The van der Waals surface area contributed by atoms with Crippen molar-refractivity contribution in [2.45, 2.75) is 6.18 Å². The Morgan fingerprint density at radius 2 is 1.21 bits per heavy atom. The normalized spacial score (nSPS) is 15.9. The smallest absolute Gasteiger partial charge is 0.268 e. The van der Waals surface area contributed by atoms with Crippen molar-refractivity contribution in [3.05, 3.63) is 126 Å². The standard InChI is InChI=1S/C29H19F3N4OS/c30-29(31,32)21-13-10-18-24(19-21)35-25(33-22-14-6-2-7-15-22)26(34-23-16-8-3-9-17-23)36(28(35)38)27(37)20-11-4-1-5-12-20/h1-19H. The molecule has 38 heavy (non-hydrogen) atoms. The number of hydrogen-bond donors (Lipinski definition) is 0. The van der Waals surface area contributed by atoms with Gasteiger partial charge < -0.3 is 0 Å². The summed E-state index contributed by atoms with van der Waals surface area (Å²) < 4.78 is 40.8. The fourth-order valence-electron chi connectivity index (χ4n) is 3.88. The maximum atomic E-state index is 13.8. The Morgan fingerprint density at radius 1 is 0.684 bits per heavy atom. The second-order valence-corrected chi connectivity index (χ2v) is 8.58. The zero-order valence-corrected chi connectivity index (χ0v) is 20.5. The molecular formula is C29H19F3N4OS. The topological polar surface area (TPSA) is 48.3 Å². The summed E-state index contributed by atoms with van der Waals surface area (Å²) in [6.07, 6.45) is -4.57. The van der Waals surface area contributed by atoms with E-state index in [1.54, 1.807) is 78.9 Å². The van der Waals surface area contributed by atoms with Gasteiger partial charge >= 0.3 is 6.18 Å². The van der Waals surface area contributed by atoms with Crippen LogP contribution in [0.5, 0.6) is 0 Å². The third kappa shape index (κ3) is 5.09. The number of anilines is 1. The van der Waals surface area contributed by atoms with Gasteiger partial charge in [0.15, 0.2) is 16.8 Å². The van der Waals surface area contributed by atoms with Crippen molar-refractivity contribution in [2.24, 2.45) is 9.98 Å². The van der Waals surface area contributed by atoms with Crippen LogP contribution >= 0.6 is 12.2 Å². The van der Waals surface area contributed by atoms with Crippen molar-refractivity contribution in [3.8, 4) is 0 Å². The van der Waals surface area contributed by atoms with Crippen molar-refractivity contribution in [3.63, 3.8) is 0 Å². The molecule has 0 aromatic heterocycles. The first-order chi connectivity index (χ1) is 18.3. The molecule has 0 aliphatic carbocycles. The van der Waals surface area contributed by atoms with E-state index in [0.717, 1.165) is 12.1 Å². The number of aliphatic imine (C=N–C) groups is 2. The van der Waals surface area contributed by atoms with E-state index in [1.165, 1.54) is 21.9 Å². The lowest BCUT2D eigenvalue weighted by atomic mass is 10.2. The number of rotatable bonds is 4. The number of halogens is 3. The summed E-state index contributed by atoms with van der Waals surface area (Å²) in [6, 6.07) is 30.9. The molecular weight excluding hydrogens is 509 g/mol. The van der Waals surface area contributed by atoms with Gasteiger partial charge in [-0.2, -0.15) is 13.2 Å². The molecule has 4 aromatic carbocycles. The first kappa shape index (κ1) is 25.0. The van der Waals surface area contributed by atoms with Crippen LogP contribution in [0, 0.1) is 0 Å². The van der Waals surface area contributed by atoms with Crippen molar-refractivity contribution < 1.29 is 18.0 Å². The molecule has 0 N–H and O–H groups in total. The van der Waals surface area contributed by atoms with Gasteiger partial charge in [-0.15, -0.1) is 0 Å². The molecule has 5 rings (SSSR count). The van der Waals surface area contributed by atoms with Crippen LogP contribution in [0.15, 0.2) is 125 Å². The summed E-state index contributed by atoms with van der Waals surface area (Å²) in [5.74, 6) is -0.273. The average molecular weight is 529 g/mol. The van der Waals surface area contributed by atoms with E-state index in [1.807, 2.05) is 12.1 Å². The van der Waals surface area contributed by atoms with Crippen LogP contribution in [0.2, 0.25) is 0 Å². The molecule has 1 amide bonds. The largest absolute Gasteiger partial charge is 0.416 e. The molecule has 0 saturated carbocycles. The van der Waals surface area contributed by atoms with Crippen molar-refractivity contribution >= 4 is 52.0 Å². The lowest BCUT2D eigenvalue weighted by Crippen LogP contribution is -2.38. The van der Waals surface area contributed by atoms with Crippen LogP contribution in [0.4, 0.5) is 30.2 Å². The van der Waals surface area contributed by atoms with E-state index in [0.29, 0.717) is 16.9 Å². The number of nitrogens with zero attached hydrogens (tertiary/aromatic N) is 4. The molecule has 0 bridgehead atoms. The van der Waals surface area contributed by atoms with Gasteiger partial charge in [0.2, 0.25) is 0 Å². The molecule has 0 radical (unpaired) electrons. The van der Waals surface area contributed by atoms with Gasteiger partial charge in [-0.25, -0.2) is 14.9 Å². The quantitative estimate of drug-likeness (QED) is 0.259. The predicted octanol–water partition coefficient (Wildman–Crippen LogP) is 7.41. The van der Waals surface area contributed by atoms with Gasteiger partial charge in [0.25, 0.3) is 5.91 Å². The molecule has 188 valence electrons. The van der Waals surface area contributed by atoms with Gasteiger partial charge in [-0.05, 0) is 66.8 Å². The molecule has 0 spiro atoms. The van der Waals surface area contributed by atoms with Crippen molar-refractivity contribution in [2.75, 3.05) is 4.90 Å². The highest BCUT2D eigenvalue weighted by atomic mass is 32.1. The summed E-state index contributed by atoms with van der Waals surface area (Å²) >= 11 is 5.73. The molecule has 0 unspecified atom stereocenters. The zero-order chi connectivity index (χ0) is 26.7. The number of thiocarbonyl (C=S) groups is 1. The SMILES string of the molecule is O=C(c1ccccc1)N1C(=S)N(c2cccc(C(F)(F)F)c2)C(=Nc2ccccc2)C1=Nc1ccccc1. The monoisotopic (exact) mass is 528 g/mol. The molecule has 4 aromatic rings. The number of benzene rings is 4. The van der Waals surface area contributed by atoms with Crippen LogP contribution in [0.3, 0.4) is 0 Å². The molecule has 1 aliphatic heterocycles. The van der Waals surface area contributed by atoms with Gasteiger partial charge in [-0.3, -0.25) is 9.69 Å². The first-order valence-corrected chi connectivity index (χ1v) is 11.9.